The molecule has 0 aromatic heterocycles. The molecule has 3 rings (SSSR count). The molecule has 0 bridgehead atoms. The molecule has 1 N–H and O–H groups in total. The van der Waals surface area contributed by atoms with E-state index in [4.69, 9.17) is 4.74 Å². The molecule has 2 aromatic rings. The lowest BCUT2D eigenvalue weighted by molar-refractivity contribution is 0.0730. The van der Waals surface area contributed by atoms with Crippen LogP contribution in [0.4, 0.5) is 5.69 Å². The Morgan fingerprint density at radius 1 is 1.15 bits per heavy atom. The van der Waals surface area contributed by atoms with E-state index >= 15 is 0 Å². The first-order valence-corrected chi connectivity index (χ1v) is 10.7. The van der Waals surface area contributed by atoms with E-state index in [-0.39, 0.29) is 23.5 Å². The summed E-state index contributed by atoms with van der Waals surface area (Å²) in [5, 5.41) is 2.82. The van der Waals surface area contributed by atoms with E-state index < -0.39 is 15.9 Å². The number of anilines is 1. The highest BCUT2D eigenvalue weighted by Gasteiger charge is 2.30. The first kappa shape index (κ1) is 19.3. The molecule has 0 unspecified atom stereocenters. The van der Waals surface area contributed by atoms with Crippen LogP contribution < -0.4 is 5.32 Å². The normalized spacial score (nSPS) is 15.6. The molecule has 0 atom stereocenters. The number of hydrogen-bond donors (Lipinski definition) is 1. The molecule has 6 nitrogen and oxygen atoms in total. The van der Waals surface area contributed by atoms with Gasteiger partial charge in [0.05, 0.1) is 23.7 Å². The second-order valence-electron chi connectivity index (χ2n) is 5.93. The molecule has 0 radical (unpaired) electrons. The number of ether oxygens (including phenoxy) is 1. The minimum Gasteiger partial charge on any atom is -0.379 e. The highest BCUT2D eigenvalue weighted by Crippen LogP contribution is 2.24. The predicted octanol–water partition coefficient (Wildman–Crippen LogP) is 2.87. The lowest BCUT2D eigenvalue weighted by atomic mass is 10.1. The van der Waals surface area contributed by atoms with Crippen LogP contribution in [0.2, 0.25) is 0 Å². The topological polar surface area (TPSA) is 75.7 Å². The van der Waals surface area contributed by atoms with Gasteiger partial charge in [-0.15, -0.1) is 0 Å². The number of sulfonamides is 1. The summed E-state index contributed by atoms with van der Waals surface area (Å²) in [5.41, 5.74) is 1.71. The van der Waals surface area contributed by atoms with Crippen LogP contribution in [0.3, 0.4) is 0 Å². The molecular formula is C18H19IN2O4S. The third-order valence-electron chi connectivity index (χ3n) is 4.16. The van der Waals surface area contributed by atoms with Crippen LogP contribution in [0.1, 0.15) is 15.9 Å². The number of rotatable bonds is 4. The Balaban J connectivity index is 1.92. The van der Waals surface area contributed by atoms with Gasteiger partial charge in [0, 0.05) is 22.3 Å². The molecule has 1 amide bonds. The number of carbonyl (C=O) groups excluding carboxylic acids is 1. The Kier molecular flexibility index (Phi) is 5.96. The van der Waals surface area contributed by atoms with E-state index in [2.05, 4.69) is 27.9 Å². The minimum atomic E-state index is -3.76. The molecule has 138 valence electrons. The minimum absolute atomic E-state index is 0.0163. The van der Waals surface area contributed by atoms with Crippen molar-refractivity contribution in [2.24, 2.45) is 0 Å². The second kappa shape index (κ2) is 8.03. The highest BCUT2D eigenvalue weighted by molar-refractivity contribution is 14.1. The number of amides is 1. The molecule has 1 saturated heterocycles. The predicted molar refractivity (Wildman–Crippen MR) is 108 cm³/mol. The number of morpholine rings is 1. The Bertz CT molecular complexity index is 925. The summed E-state index contributed by atoms with van der Waals surface area (Å²) < 4.78 is 33.6. The smallest absolute Gasteiger partial charge is 0.257 e. The van der Waals surface area contributed by atoms with Gasteiger partial charge in [0.15, 0.2) is 0 Å². The van der Waals surface area contributed by atoms with E-state index in [1.54, 1.807) is 12.1 Å². The van der Waals surface area contributed by atoms with E-state index in [1.165, 1.54) is 16.4 Å². The Hall–Kier alpha value is -1.49. The fourth-order valence-electron chi connectivity index (χ4n) is 2.76. The van der Waals surface area contributed by atoms with Gasteiger partial charge in [0.25, 0.3) is 5.91 Å². The number of aryl methyl sites for hydroxylation is 1. The van der Waals surface area contributed by atoms with Crippen LogP contribution in [-0.2, 0) is 14.8 Å². The van der Waals surface area contributed by atoms with Crippen LogP contribution in [0, 0.1) is 10.5 Å². The van der Waals surface area contributed by atoms with Gasteiger partial charge < -0.3 is 10.1 Å². The van der Waals surface area contributed by atoms with Gasteiger partial charge in [0.2, 0.25) is 10.0 Å². The van der Waals surface area contributed by atoms with Gasteiger partial charge in [-0.05, 0) is 65.4 Å². The fourth-order valence-corrected chi connectivity index (χ4v) is 5.01. The molecule has 1 heterocycles. The van der Waals surface area contributed by atoms with Crippen molar-refractivity contribution in [2.75, 3.05) is 31.6 Å². The molecule has 1 fully saturated rings. The Morgan fingerprint density at radius 3 is 2.54 bits per heavy atom. The lowest BCUT2D eigenvalue weighted by Gasteiger charge is -2.26. The molecule has 8 heteroatoms. The van der Waals surface area contributed by atoms with Gasteiger partial charge >= 0.3 is 0 Å². The molecule has 1 aliphatic rings. The van der Waals surface area contributed by atoms with Crippen LogP contribution >= 0.6 is 22.6 Å². The quantitative estimate of drug-likeness (QED) is 0.675. The maximum atomic E-state index is 13.0. The SMILES string of the molecule is Cc1cc(I)ccc1NC(=O)c1ccccc1S(=O)(=O)N1CCOCC1. The molecule has 2 aromatic carbocycles. The van der Waals surface area contributed by atoms with Crippen molar-refractivity contribution in [1.82, 2.24) is 4.31 Å². The van der Waals surface area contributed by atoms with Crippen molar-refractivity contribution in [2.45, 2.75) is 11.8 Å². The molecule has 26 heavy (non-hydrogen) atoms. The van der Waals surface area contributed by atoms with Crippen molar-refractivity contribution >= 4 is 44.2 Å². The van der Waals surface area contributed by atoms with Crippen molar-refractivity contribution in [3.8, 4) is 0 Å². The average molecular weight is 486 g/mol. The summed E-state index contributed by atoms with van der Waals surface area (Å²) >= 11 is 2.20. The van der Waals surface area contributed by atoms with E-state index in [9.17, 15) is 13.2 Å². The first-order chi connectivity index (χ1) is 12.4. The van der Waals surface area contributed by atoms with Gasteiger partial charge in [-0.1, -0.05) is 12.1 Å². The van der Waals surface area contributed by atoms with Crippen LogP contribution in [0.25, 0.3) is 0 Å². The summed E-state index contributed by atoms with van der Waals surface area (Å²) in [4.78, 5) is 12.8. The summed E-state index contributed by atoms with van der Waals surface area (Å²) in [7, 11) is -3.76. The monoisotopic (exact) mass is 486 g/mol. The molecule has 0 spiro atoms. The third kappa shape index (κ3) is 4.08. The maximum Gasteiger partial charge on any atom is 0.257 e. The standard InChI is InChI=1S/C18H19IN2O4S/c1-13-12-14(19)6-7-16(13)20-18(22)15-4-2-3-5-17(15)26(23,24)21-8-10-25-11-9-21/h2-7,12H,8-11H2,1H3,(H,20,22). The largest absolute Gasteiger partial charge is 0.379 e. The number of nitrogens with zero attached hydrogens (tertiary/aromatic N) is 1. The van der Waals surface area contributed by atoms with Gasteiger partial charge in [-0.3, -0.25) is 4.79 Å². The van der Waals surface area contributed by atoms with E-state index in [0.717, 1.165) is 9.13 Å². The van der Waals surface area contributed by atoms with Gasteiger partial charge in [-0.2, -0.15) is 4.31 Å². The first-order valence-electron chi connectivity index (χ1n) is 8.14. The highest BCUT2D eigenvalue weighted by atomic mass is 127. The Labute approximate surface area is 166 Å². The zero-order valence-electron chi connectivity index (χ0n) is 14.2. The van der Waals surface area contributed by atoms with E-state index in [1.807, 2.05) is 25.1 Å². The van der Waals surface area contributed by atoms with Crippen molar-refractivity contribution in [1.29, 1.82) is 0 Å². The van der Waals surface area contributed by atoms with Crippen molar-refractivity contribution in [3.63, 3.8) is 0 Å². The number of nitrogens with one attached hydrogen (secondary N) is 1. The summed E-state index contributed by atoms with van der Waals surface area (Å²) in [6, 6.07) is 11.9. The van der Waals surface area contributed by atoms with Crippen LogP contribution in [0.5, 0.6) is 0 Å². The third-order valence-corrected chi connectivity index (χ3v) is 6.78. The molecule has 0 saturated carbocycles. The summed E-state index contributed by atoms with van der Waals surface area (Å²) in [5.74, 6) is -0.443. The maximum absolute atomic E-state index is 13.0. The van der Waals surface area contributed by atoms with E-state index in [0.29, 0.717) is 18.9 Å². The number of hydrogen-bond acceptors (Lipinski definition) is 4. The van der Waals surface area contributed by atoms with Crippen LogP contribution in [0.15, 0.2) is 47.4 Å². The molecule has 1 aliphatic heterocycles. The van der Waals surface area contributed by atoms with Crippen molar-refractivity contribution < 1.29 is 17.9 Å². The zero-order valence-corrected chi connectivity index (χ0v) is 17.2. The van der Waals surface area contributed by atoms with Crippen LogP contribution in [-0.4, -0.2) is 44.9 Å². The second-order valence-corrected chi connectivity index (χ2v) is 9.08. The molecular weight excluding hydrogens is 467 g/mol. The fraction of sp³-hybridized carbons (Fsp3) is 0.278. The van der Waals surface area contributed by atoms with Gasteiger partial charge in [-0.25, -0.2) is 8.42 Å². The van der Waals surface area contributed by atoms with Gasteiger partial charge in [0.1, 0.15) is 0 Å². The number of halogens is 1. The lowest BCUT2D eigenvalue weighted by Crippen LogP contribution is -2.41. The number of carbonyl (C=O) groups is 1. The number of benzene rings is 2. The Morgan fingerprint density at radius 2 is 1.85 bits per heavy atom. The summed E-state index contributed by atoms with van der Waals surface area (Å²) in [6.07, 6.45) is 0. The summed E-state index contributed by atoms with van der Waals surface area (Å²) in [6.45, 7) is 3.18. The average Bonchev–Trinajstić information content (AvgIpc) is 2.64. The molecule has 0 aliphatic carbocycles. The zero-order chi connectivity index (χ0) is 18.7. The van der Waals surface area contributed by atoms with Crippen molar-refractivity contribution in [3.05, 3.63) is 57.2 Å².